The van der Waals surface area contributed by atoms with Crippen LogP contribution in [0.3, 0.4) is 0 Å². The number of pyridine rings is 1. The molecule has 1 atom stereocenters. The zero-order valence-electron chi connectivity index (χ0n) is 16.4. The van der Waals surface area contributed by atoms with Gasteiger partial charge >= 0.3 is 0 Å². The molecule has 1 unspecified atom stereocenters. The minimum Gasteiger partial charge on any atom is -0.354 e. The van der Waals surface area contributed by atoms with Crippen molar-refractivity contribution in [3.05, 3.63) is 71.0 Å². The lowest BCUT2D eigenvalue weighted by Gasteiger charge is -2.32. The number of nitrogens with one attached hydrogen (secondary N) is 1. The van der Waals surface area contributed by atoms with Crippen LogP contribution in [0, 0.1) is 5.92 Å². The summed E-state index contributed by atoms with van der Waals surface area (Å²) in [6.45, 7) is 2.00. The molecule has 0 radical (unpaired) electrons. The molecule has 0 spiro atoms. The number of piperidine rings is 1. The molecule has 6 nitrogen and oxygen atoms in total. The van der Waals surface area contributed by atoms with E-state index >= 15 is 0 Å². The predicted octanol–water partition coefficient (Wildman–Crippen LogP) is 4.32. The smallest absolute Gasteiger partial charge is 0.225 e. The van der Waals surface area contributed by atoms with Crippen LogP contribution >= 0.6 is 27.7 Å². The summed E-state index contributed by atoms with van der Waals surface area (Å²) in [6, 6.07) is 17.8. The van der Waals surface area contributed by atoms with Crippen LogP contribution in [-0.2, 0) is 11.3 Å². The largest absolute Gasteiger partial charge is 0.354 e. The Bertz CT molecular complexity index is 969. The monoisotopic (exact) mass is 483 g/mol. The number of anilines is 1. The lowest BCUT2D eigenvalue weighted by atomic mass is 9.97. The second-order valence-electron chi connectivity index (χ2n) is 7.11. The molecule has 154 valence electrons. The van der Waals surface area contributed by atoms with Gasteiger partial charge in [-0.1, -0.05) is 33.8 Å². The second kappa shape index (κ2) is 10.0. The average molecular weight is 484 g/mol. The van der Waals surface area contributed by atoms with E-state index in [0.29, 0.717) is 13.1 Å². The van der Waals surface area contributed by atoms with Gasteiger partial charge in [0.05, 0.1) is 18.2 Å². The molecular weight excluding hydrogens is 462 g/mol. The number of carbonyl (C=O) groups excluding carboxylic acids is 1. The summed E-state index contributed by atoms with van der Waals surface area (Å²) < 4.78 is 1.05. The third kappa shape index (κ3) is 5.58. The molecule has 1 aliphatic heterocycles. The number of rotatable bonds is 6. The number of amides is 1. The normalized spacial score (nSPS) is 16.3. The number of hydrogen-bond acceptors (Lipinski definition) is 6. The molecule has 1 fully saturated rings. The number of benzene rings is 1. The first-order chi connectivity index (χ1) is 14.7. The van der Waals surface area contributed by atoms with E-state index in [-0.39, 0.29) is 11.8 Å². The van der Waals surface area contributed by atoms with Crippen molar-refractivity contribution in [2.75, 3.05) is 18.0 Å². The maximum atomic E-state index is 12.6. The number of aromatic nitrogens is 3. The van der Waals surface area contributed by atoms with E-state index in [4.69, 9.17) is 0 Å². The summed E-state index contributed by atoms with van der Waals surface area (Å²) >= 11 is 5.03. The van der Waals surface area contributed by atoms with Gasteiger partial charge in [0.15, 0.2) is 5.82 Å². The second-order valence-corrected chi connectivity index (χ2v) is 9.12. The van der Waals surface area contributed by atoms with Gasteiger partial charge in [0.2, 0.25) is 5.91 Å². The molecule has 1 aromatic carbocycles. The van der Waals surface area contributed by atoms with Crippen LogP contribution in [0.5, 0.6) is 0 Å². The Hall–Kier alpha value is -2.45. The number of hydrogen-bond donors (Lipinski definition) is 1. The third-order valence-electron chi connectivity index (χ3n) is 4.95. The molecule has 30 heavy (non-hydrogen) atoms. The van der Waals surface area contributed by atoms with Gasteiger partial charge in [-0.2, -0.15) is 0 Å². The third-order valence-corrected chi connectivity index (χ3v) is 6.41. The summed E-state index contributed by atoms with van der Waals surface area (Å²) in [5, 5.41) is 12.6. The van der Waals surface area contributed by atoms with E-state index in [9.17, 15) is 4.79 Å². The Labute approximate surface area is 188 Å². The van der Waals surface area contributed by atoms with Crippen LogP contribution in [0.25, 0.3) is 0 Å². The van der Waals surface area contributed by atoms with E-state index < -0.39 is 0 Å². The van der Waals surface area contributed by atoms with Gasteiger partial charge in [-0.25, -0.2) is 0 Å². The molecule has 3 aromatic rings. The molecule has 0 aliphatic carbocycles. The van der Waals surface area contributed by atoms with Gasteiger partial charge in [-0.15, -0.1) is 10.2 Å². The minimum atomic E-state index is -0.0546. The van der Waals surface area contributed by atoms with Crippen LogP contribution in [-0.4, -0.2) is 34.2 Å². The van der Waals surface area contributed by atoms with E-state index in [2.05, 4.69) is 41.3 Å². The van der Waals surface area contributed by atoms with Gasteiger partial charge in [-0.05, 0) is 61.4 Å². The fourth-order valence-electron chi connectivity index (χ4n) is 3.38. The van der Waals surface area contributed by atoms with Crippen LogP contribution in [0.15, 0.2) is 75.2 Å². The lowest BCUT2D eigenvalue weighted by molar-refractivity contribution is -0.125. The van der Waals surface area contributed by atoms with Crippen molar-refractivity contribution >= 4 is 39.4 Å². The summed E-state index contributed by atoms with van der Waals surface area (Å²) in [4.78, 5) is 20.1. The highest BCUT2D eigenvalue weighted by Gasteiger charge is 2.26. The zero-order chi connectivity index (χ0) is 20.8. The van der Waals surface area contributed by atoms with E-state index in [1.807, 2.05) is 54.6 Å². The fraction of sp³-hybridized carbons (Fsp3) is 0.273. The lowest BCUT2D eigenvalue weighted by Crippen LogP contribution is -2.43. The molecule has 0 bridgehead atoms. The Morgan fingerprint density at radius 2 is 2.00 bits per heavy atom. The molecule has 1 saturated heterocycles. The van der Waals surface area contributed by atoms with Gasteiger partial charge in [0, 0.05) is 28.7 Å². The molecular formula is C22H22BrN5OS. The van der Waals surface area contributed by atoms with Crippen LogP contribution in [0.2, 0.25) is 0 Å². The number of carbonyl (C=O) groups is 1. The summed E-state index contributed by atoms with van der Waals surface area (Å²) in [5.41, 5.74) is 0.864. The zero-order valence-corrected chi connectivity index (χ0v) is 18.8. The molecule has 8 heteroatoms. The van der Waals surface area contributed by atoms with Gasteiger partial charge in [0.1, 0.15) is 5.03 Å². The summed E-state index contributed by atoms with van der Waals surface area (Å²) in [7, 11) is 0. The average Bonchev–Trinajstić information content (AvgIpc) is 2.80. The molecule has 1 amide bonds. The van der Waals surface area contributed by atoms with Crippen molar-refractivity contribution in [3.63, 3.8) is 0 Å². The Morgan fingerprint density at radius 3 is 2.73 bits per heavy atom. The first-order valence-electron chi connectivity index (χ1n) is 9.87. The highest BCUT2D eigenvalue weighted by molar-refractivity contribution is 9.10. The summed E-state index contributed by atoms with van der Waals surface area (Å²) in [5.74, 6) is 0.833. The van der Waals surface area contributed by atoms with Crippen molar-refractivity contribution in [2.24, 2.45) is 5.92 Å². The van der Waals surface area contributed by atoms with Crippen LogP contribution in [0.4, 0.5) is 5.82 Å². The summed E-state index contributed by atoms with van der Waals surface area (Å²) in [6.07, 6.45) is 3.58. The van der Waals surface area contributed by atoms with E-state index in [0.717, 1.165) is 45.3 Å². The molecule has 0 saturated carbocycles. The van der Waals surface area contributed by atoms with Crippen molar-refractivity contribution in [1.29, 1.82) is 0 Å². The highest BCUT2D eigenvalue weighted by Crippen LogP contribution is 2.28. The quantitative estimate of drug-likeness (QED) is 0.562. The predicted molar refractivity (Wildman–Crippen MR) is 121 cm³/mol. The molecule has 1 aliphatic rings. The molecule has 4 rings (SSSR count). The maximum absolute atomic E-state index is 12.6. The SMILES string of the molecule is O=C(NCc1ccccn1)C1CCCN(c2ccc(Sc3ccc(Br)cc3)nn2)C1. The first-order valence-corrected chi connectivity index (χ1v) is 11.5. The van der Waals surface area contributed by atoms with E-state index in [1.165, 1.54) is 0 Å². The van der Waals surface area contributed by atoms with Gasteiger partial charge in [0.25, 0.3) is 0 Å². The van der Waals surface area contributed by atoms with Crippen molar-refractivity contribution < 1.29 is 4.79 Å². The van der Waals surface area contributed by atoms with Crippen molar-refractivity contribution in [1.82, 2.24) is 20.5 Å². The topological polar surface area (TPSA) is 71.0 Å². The van der Waals surface area contributed by atoms with Crippen LogP contribution in [0.1, 0.15) is 18.5 Å². The molecule has 1 N–H and O–H groups in total. The molecule has 2 aromatic heterocycles. The minimum absolute atomic E-state index is 0.0546. The Morgan fingerprint density at radius 1 is 1.13 bits per heavy atom. The molecule has 3 heterocycles. The standard InChI is InChI=1S/C22H22BrN5OS/c23-17-6-8-19(9-7-17)30-21-11-10-20(26-27-21)28-13-3-4-16(15-28)22(29)25-14-18-5-1-2-12-24-18/h1-2,5-12,16H,3-4,13-15H2,(H,25,29). The van der Waals surface area contributed by atoms with Crippen LogP contribution < -0.4 is 10.2 Å². The van der Waals surface area contributed by atoms with Crippen molar-refractivity contribution in [2.45, 2.75) is 29.3 Å². The number of halogens is 1. The Kier molecular flexibility index (Phi) is 6.96. The first kappa shape index (κ1) is 20.8. The fourth-order valence-corrected chi connectivity index (χ4v) is 4.38. The highest BCUT2D eigenvalue weighted by atomic mass is 79.9. The van der Waals surface area contributed by atoms with E-state index in [1.54, 1.807) is 18.0 Å². The van der Waals surface area contributed by atoms with Gasteiger partial charge in [-0.3, -0.25) is 9.78 Å². The Balaban J connectivity index is 1.33. The number of nitrogens with zero attached hydrogens (tertiary/aromatic N) is 4. The van der Waals surface area contributed by atoms with Gasteiger partial charge < -0.3 is 10.2 Å². The van der Waals surface area contributed by atoms with Crippen molar-refractivity contribution in [3.8, 4) is 0 Å². The maximum Gasteiger partial charge on any atom is 0.225 e.